The number of benzene rings is 1. The van der Waals surface area contributed by atoms with E-state index in [1.807, 2.05) is 0 Å². The fourth-order valence-electron chi connectivity index (χ4n) is 2.83. The fraction of sp³-hybridized carbons (Fsp3) is 0.600. The maximum absolute atomic E-state index is 12.7. The molecule has 0 aliphatic heterocycles. The standard InChI is InChI=1S/C15H22FNO/c1-12-3-2-8-15(18,9-12)11-17-10-13-4-6-14(16)7-5-13/h4-7,12,17-18H,2-3,8-11H2,1H3. The first-order valence-electron chi connectivity index (χ1n) is 6.75. The zero-order valence-electron chi connectivity index (χ0n) is 11.0. The van der Waals surface area contributed by atoms with Gasteiger partial charge >= 0.3 is 0 Å². The van der Waals surface area contributed by atoms with Gasteiger partial charge in [-0.15, -0.1) is 0 Å². The van der Waals surface area contributed by atoms with Crippen LogP contribution < -0.4 is 5.32 Å². The summed E-state index contributed by atoms with van der Waals surface area (Å²) in [6, 6.07) is 6.48. The van der Waals surface area contributed by atoms with E-state index in [1.54, 1.807) is 12.1 Å². The first kappa shape index (κ1) is 13.5. The van der Waals surface area contributed by atoms with E-state index in [9.17, 15) is 9.50 Å². The molecule has 0 bridgehead atoms. The number of hydrogen-bond acceptors (Lipinski definition) is 2. The van der Waals surface area contributed by atoms with Crippen LogP contribution in [0.5, 0.6) is 0 Å². The molecule has 3 heteroatoms. The van der Waals surface area contributed by atoms with Gasteiger partial charge in [0.05, 0.1) is 5.60 Å². The molecule has 2 unspecified atom stereocenters. The average Bonchev–Trinajstić information content (AvgIpc) is 2.31. The van der Waals surface area contributed by atoms with E-state index in [1.165, 1.54) is 18.6 Å². The predicted octanol–water partition coefficient (Wildman–Crippen LogP) is 2.86. The summed E-state index contributed by atoms with van der Waals surface area (Å²) < 4.78 is 12.7. The quantitative estimate of drug-likeness (QED) is 0.862. The van der Waals surface area contributed by atoms with Gasteiger partial charge in [0.25, 0.3) is 0 Å². The van der Waals surface area contributed by atoms with Gasteiger partial charge in [-0.25, -0.2) is 4.39 Å². The molecule has 0 spiro atoms. The van der Waals surface area contributed by atoms with Crippen molar-refractivity contribution in [1.29, 1.82) is 0 Å². The summed E-state index contributed by atoms with van der Waals surface area (Å²) in [5, 5.41) is 13.7. The Bertz CT molecular complexity index is 379. The van der Waals surface area contributed by atoms with E-state index in [2.05, 4.69) is 12.2 Å². The van der Waals surface area contributed by atoms with E-state index >= 15 is 0 Å². The van der Waals surface area contributed by atoms with Gasteiger partial charge in [-0.1, -0.05) is 31.9 Å². The van der Waals surface area contributed by atoms with Crippen molar-refractivity contribution < 1.29 is 9.50 Å². The van der Waals surface area contributed by atoms with Crippen LogP contribution in [0.15, 0.2) is 24.3 Å². The maximum atomic E-state index is 12.7. The monoisotopic (exact) mass is 251 g/mol. The summed E-state index contributed by atoms with van der Waals surface area (Å²) >= 11 is 0. The Labute approximate surface area is 108 Å². The van der Waals surface area contributed by atoms with E-state index < -0.39 is 5.60 Å². The molecule has 0 radical (unpaired) electrons. The minimum absolute atomic E-state index is 0.210. The second-order valence-electron chi connectivity index (χ2n) is 5.66. The Morgan fingerprint density at radius 3 is 2.78 bits per heavy atom. The molecule has 2 N–H and O–H groups in total. The Morgan fingerprint density at radius 2 is 2.11 bits per heavy atom. The Hall–Kier alpha value is -0.930. The average molecular weight is 251 g/mol. The Morgan fingerprint density at radius 1 is 1.39 bits per heavy atom. The summed E-state index contributed by atoms with van der Waals surface area (Å²) in [5.41, 5.74) is 0.487. The van der Waals surface area contributed by atoms with Gasteiger partial charge in [0.1, 0.15) is 5.82 Å². The number of aliphatic hydroxyl groups is 1. The van der Waals surface area contributed by atoms with Crippen molar-refractivity contribution in [3.05, 3.63) is 35.6 Å². The van der Waals surface area contributed by atoms with Crippen molar-refractivity contribution in [2.75, 3.05) is 6.54 Å². The van der Waals surface area contributed by atoms with Crippen molar-refractivity contribution in [2.45, 2.75) is 44.8 Å². The normalized spacial score (nSPS) is 28.3. The third-order valence-electron chi connectivity index (χ3n) is 3.76. The maximum Gasteiger partial charge on any atom is 0.123 e. The molecule has 0 aromatic heterocycles. The minimum atomic E-state index is -0.558. The zero-order chi connectivity index (χ0) is 13.0. The highest BCUT2D eigenvalue weighted by Gasteiger charge is 2.31. The van der Waals surface area contributed by atoms with Crippen LogP contribution in [0, 0.1) is 11.7 Å². The van der Waals surface area contributed by atoms with Gasteiger partial charge in [0, 0.05) is 13.1 Å². The van der Waals surface area contributed by atoms with E-state index in [0.29, 0.717) is 19.0 Å². The summed E-state index contributed by atoms with van der Waals surface area (Å²) in [5.74, 6) is 0.398. The van der Waals surface area contributed by atoms with Crippen molar-refractivity contribution in [2.24, 2.45) is 5.92 Å². The largest absolute Gasteiger partial charge is 0.389 e. The van der Waals surface area contributed by atoms with Crippen LogP contribution in [-0.2, 0) is 6.54 Å². The van der Waals surface area contributed by atoms with Crippen LogP contribution in [0.3, 0.4) is 0 Å². The number of halogens is 1. The van der Waals surface area contributed by atoms with Gasteiger partial charge < -0.3 is 10.4 Å². The number of hydrogen-bond donors (Lipinski definition) is 2. The SMILES string of the molecule is CC1CCCC(O)(CNCc2ccc(F)cc2)C1. The lowest BCUT2D eigenvalue weighted by molar-refractivity contribution is -0.0119. The van der Waals surface area contributed by atoms with Crippen LogP contribution in [0.1, 0.15) is 38.2 Å². The molecule has 2 rings (SSSR count). The second kappa shape index (κ2) is 5.81. The predicted molar refractivity (Wildman–Crippen MR) is 70.7 cm³/mol. The lowest BCUT2D eigenvalue weighted by atomic mass is 9.79. The third-order valence-corrected chi connectivity index (χ3v) is 3.76. The van der Waals surface area contributed by atoms with Crippen LogP contribution in [0.2, 0.25) is 0 Å². The zero-order valence-corrected chi connectivity index (χ0v) is 11.0. The topological polar surface area (TPSA) is 32.3 Å². The lowest BCUT2D eigenvalue weighted by Crippen LogP contribution is -2.43. The van der Waals surface area contributed by atoms with Gasteiger partial charge in [-0.05, 0) is 36.5 Å². The highest BCUT2D eigenvalue weighted by Crippen LogP contribution is 2.31. The van der Waals surface area contributed by atoms with Gasteiger partial charge in [0.2, 0.25) is 0 Å². The molecule has 1 aliphatic rings. The molecular formula is C15H22FNO. The molecule has 18 heavy (non-hydrogen) atoms. The molecule has 1 fully saturated rings. The Kier molecular flexibility index (Phi) is 4.36. The molecule has 2 nitrogen and oxygen atoms in total. The van der Waals surface area contributed by atoms with Crippen LogP contribution in [0.25, 0.3) is 0 Å². The molecule has 0 saturated heterocycles. The van der Waals surface area contributed by atoms with Crippen LogP contribution in [0.4, 0.5) is 4.39 Å². The fourth-order valence-corrected chi connectivity index (χ4v) is 2.83. The second-order valence-corrected chi connectivity index (χ2v) is 5.66. The first-order chi connectivity index (χ1) is 8.57. The summed E-state index contributed by atoms with van der Waals surface area (Å²) in [6.45, 7) is 3.50. The molecular weight excluding hydrogens is 229 g/mol. The van der Waals surface area contributed by atoms with Crippen molar-refractivity contribution in [1.82, 2.24) is 5.32 Å². The molecule has 0 amide bonds. The van der Waals surface area contributed by atoms with Gasteiger partial charge in [0.15, 0.2) is 0 Å². The highest BCUT2D eigenvalue weighted by molar-refractivity contribution is 5.15. The smallest absolute Gasteiger partial charge is 0.123 e. The molecule has 100 valence electrons. The highest BCUT2D eigenvalue weighted by atomic mass is 19.1. The molecule has 1 aromatic rings. The van der Waals surface area contributed by atoms with E-state index in [0.717, 1.165) is 24.8 Å². The summed E-state index contributed by atoms with van der Waals surface area (Å²) in [6.07, 6.45) is 4.09. The number of rotatable bonds is 4. The van der Waals surface area contributed by atoms with Gasteiger partial charge in [-0.3, -0.25) is 0 Å². The summed E-state index contributed by atoms with van der Waals surface area (Å²) in [7, 11) is 0. The van der Waals surface area contributed by atoms with Crippen LogP contribution in [-0.4, -0.2) is 17.3 Å². The van der Waals surface area contributed by atoms with E-state index in [4.69, 9.17) is 0 Å². The minimum Gasteiger partial charge on any atom is -0.389 e. The van der Waals surface area contributed by atoms with Crippen molar-refractivity contribution in [3.63, 3.8) is 0 Å². The van der Waals surface area contributed by atoms with Crippen molar-refractivity contribution >= 4 is 0 Å². The van der Waals surface area contributed by atoms with E-state index in [-0.39, 0.29) is 5.82 Å². The Balaban J connectivity index is 1.79. The molecule has 1 saturated carbocycles. The van der Waals surface area contributed by atoms with Gasteiger partial charge in [-0.2, -0.15) is 0 Å². The lowest BCUT2D eigenvalue weighted by Gasteiger charge is -2.35. The molecule has 2 atom stereocenters. The van der Waals surface area contributed by atoms with Crippen molar-refractivity contribution in [3.8, 4) is 0 Å². The molecule has 1 aliphatic carbocycles. The molecule has 1 aromatic carbocycles. The van der Waals surface area contributed by atoms with Crippen LogP contribution >= 0.6 is 0 Å². The third kappa shape index (κ3) is 3.79. The molecule has 0 heterocycles. The number of nitrogens with one attached hydrogen (secondary N) is 1. The summed E-state index contributed by atoms with van der Waals surface area (Å²) in [4.78, 5) is 0. The first-order valence-corrected chi connectivity index (χ1v) is 6.75.